The highest BCUT2D eigenvalue weighted by Gasteiger charge is 2.28. The second-order valence-corrected chi connectivity index (χ2v) is 6.75. The predicted molar refractivity (Wildman–Crippen MR) is 99.8 cm³/mol. The molecule has 0 bridgehead atoms. The minimum Gasteiger partial charge on any atom is -0.351 e. The largest absolute Gasteiger partial charge is 0.351 e. The van der Waals surface area contributed by atoms with E-state index >= 15 is 0 Å². The van der Waals surface area contributed by atoms with Crippen molar-refractivity contribution in [3.63, 3.8) is 0 Å². The van der Waals surface area contributed by atoms with Gasteiger partial charge in [-0.2, -0.15) is 0 Å². The van der Waals surface area contributed by atoms with Crippen molar-refractivity contribution in [2.45, 2.75) is 25.7 Å². The molecule has 1 fully saturated rings. The molecule has 7 nitrogen and oxygen atoms in total. The van der Waals surface area contributed by atoms with Crippen molar-refractivity contribution in [1.29, 1.82) is 0 Å². The minimum atomic E-state index is -0.486. The molecule has 1 unspecified atom stereocenters. The van der Waals surface area contributed by atoms with Crippen molar-refractivity contribution in [3.05, 3.63) is 36.4 Å². The SMILES string of the molecule is C=CC(=O)N1CCCC(C(=O)Nc2ccc3c(c2)N(C(N)=O)CCC3)C1. The molecule has 1 saturated heterocycles. The van der Waals surface area contributed by atoms with Gasteiger partial charge in [-0.05, 0) is 49.5 Å². The van der Waals surface area contributed by atoms with Crippen LogP contribution in [0.4, 0.5) is 16.2 Å². The van der Waals surface area contributed by atoms with Crippen LogP contribution in [0.5, 0.6) is 0 Å². The average Bonchev–Trinajstić information content (AvgIpc) is 2.66. The molecule has 0 aliphatic carbocycles. The van der Waals surface area contributed by atoms with Gasteiger partial charge in [0.2, 0.25) is 11.8 Å². The number of carbonyl (C=O) groups excluding carboxylic acids is 3. The molecule has 1 aromatic carbocycles. The number of fused-ring (bicyclic) bond motifs is 1. The van der Waals surface area contributed by atoms with Crippen LogP contribution in [0.1, 0.15) is 24.8 Å². The minimum absolute atomic E-state index is 0.118. The molecule has 3 N–H and O–H groups in total. The summed E-state index contributed by atoms with van der Waals surface area (Å²) in [6.07, 6.45) is 4.57. The fourth-order valence-corrected chi connectivity index (χ4v) is 3.65. The van der Waals surface area contributed by atoms with Crippen molar-refractivity contribution in [3.8, 4) is 0 Å². The smallest absolute Gasteiger partial charge is 0.319 e. The van der Waals surface area contributed by atoms with Crippen LogP contribution in [0.2, 0.25) is 0 Å². The molecule has 0 radical (unpaired) electrons. The Hall–Kier alpha value is -2.83. The van der Waals surface area contributed by atoms with Gasteiger partial charge in [0, 0.05) is 25.3 Å². The van der Waals surface area contributed by atoms with Crippen molar-refractivity contribution in [2.75, 3.05) is 29.9 Å². The molecule has 7 heteroatoms. The molecular formula is C19H24N4O3. The van der Waals surface area contributed by atoms with E-state index in [0.717, 1.165) is 36.9 Å². The molecular weight excluding hydrogens is 332 g/mol. The lowest BCUT2D eigenvalue weighted by Crippen LogP contribution is -2.43. The maximum absolute atomic E-state index is 12.6. The van der Waals surface area contributed by atoms with Crippen molar-refractivity contribution >= 4 is 29.2 Å². The number of aryl methyl sites for hydroxylation is 1. The van der Waals surface area contributed by atoms with Gasteiger partial charge < -0.3 is 16.0 Å². The van der Waals surface area contributed by atoms with E-state index in [4.69, 9.17) is 5.73 Å². The van der Waals surface area contributed by atoms with E-state index in [0.29, 0.717) is 25.3 Å². The summed E-state index contributed by atoms with van der Waals surface area (Å²) in [6, 6.07) is 5.08. The number of rotatable bonds is 3. The molecule has 0 aromatic heterocycles. The van der Waals surface area contributed by atoms with Crippen LogP contribution in [-0.4, -0.2) is 42.4 Å². The first-order valence-corrected chi connectivity index (χ1v) is 8.91. The van der Waals surface area contributed by atoms with Crippen LogP contribution in [0.15, 0.2) is 30.9 Å². The number of nitrogens with one attached hydrogen (secondary N) is 1. The molecule has 2 aliphatic heterocycles. The van der Waals surface area contributed by atoms with E-state index in [2.05, 4.69) is 11.9 Å². The summed E-state index contributed by atoms with van der Waals surface area (Å²) in [5.41, 5.74) is 7.90. The number of nitrogens with zero attached hydrogens (tertiary/aromatic N) is 2. The topological polar surface area (TPSA) is 95.7 Å². The van der Waals surface area contributed by atoms with Gasteiger partial charge in [-0.25, -0.2) is 4.79 Å². The first-order chi connectivity index (χ1) is 12.5. The molecule has 0 spiro atoms. The molecule has 138 valence electrons. The third-order valence-electron chi connectivity index (χ3n) is 5.02. The maximum atomic E-state index is 12.6. The zero-order chi connectivity index (χ0) is 18.7. The Morgan fingerprint density at radius 3 is 2.77 bits per heavy atom. The lowest BCUT2D eigenvalue weighted by atomic mass is 9.96. The zero-order valence-corrected chi connectivity index (χ0v) is 14.7. The van der Waals surface area contributed by atoms with Gasteiger partial charge in [0.25, 0.3) is 0 Å². The Morgan fingerprint density at radius 2 is 2.04 bits per heavy atom. The van der Waals surface area contributed by atoms with Crippen LogP contribution in [0.25, 0.3) is 0 Å². The highest BCUT2D eigenvalue weighted by molar-refractivity contribution is 5.96. The average molecular weight is 356 g/mol. The molecule has 2 heterocycles. The Kier molecular flexibility index (Phi) is 5.25. The Balaban J connectivity index is 1.72. The summed E-state index contributed by atoms with van der Waals surface area (Å²) < 4.78 is 0. The summed E-state index contributed by atoms with van der Waals surface area (Å²) in [7, 11) is 0. The number of carbonyl (C=O) groups is 3. The van der Waals surface area contributed by atoms with Gasteiger partial charge in [-0.1, -0.05) is 12.6 Å². The predicted octanol–water partition coefficient (Wildman–Crippen LogP) is 1.88. The molecule has 1 atom stereocenters. The molecule has 1 aromatic rings. The lowest BCUT2D eigenvalue weighted by Gasteiger charge is -2.31. The number of hydrogen-bond donors (Lipinski definition) is 2. The van der Waals surface area contributed by atoms with E-state index in [1.54, 1.807) is 15.9 Å². The molecule has 0 saturated carbocycles. The summed E-state index contributed by atoms with van der Waals surface area (Å²) in [5.74, 6) is -0.516. The highest BCUT2D eigenvalue weighted by atomic mass is 16.2. The number of benzene rings is 1. The van der Waals surface area contributed by atoms with E-state index in [1.165, 1.54) is 6.08 Å². The Morgan fingerprint density at radius 1 is 1.23 bits per heavy atom. The van der Waals surface area contributed by atoms with Crippen LogP contribution in [0, 0.1) is 5.92 Å². The molecule has 4 amide bonds. The molecule has 2 aliphatic rings. The number of piperidine rings is 1. The normalized spacial score (nSPS) is 19.5. The number of anilines is 2. The van der Waals surface area contributed by atoms with Crippen molar-refractivity contribution in [2.24, 2.45) is 11.7 Å². The zero-order valence-electron chi connectivity index (χ0n) is 14.7. The Bertz CT molecular complexity index is 746. The van der Waals surface area contributed by atoms with E-state index < -0.39 is 6.03 Å². The lowest BCUT2D eigenvalue weighted by molar-refractivity contribution is -0.130. The maximum Gasteiger partial charge on any atom is 0.319 e. The second-order valence-electron chi connectivity index (χ2n) is 6.75. The first kappa shape index (κ1) is 18.0. The summed E-state index contributed by atoms with van der Waals surface area (Å²) in [4.78, 5) is 39.2. The molecule has 26 heavy (non-hydrogen) atoms. The van der Waals surface area contributed by atoms with Gasteiger partial charge in [-0.15, -0.1) is 0 Å². The number of amides is 4. The summed E-state index contributed by atoms with van der Waals surface area (Å²) in [5, 5.41) is 2.92. The van der Waals surface area contributed by atoms with Crippen LogP contribution < -0.4 is 16.0 Å². The van der Waals surface area contributed by atoms with Gasteiger partial charge in [0.05, 0.1) is 11.6 Å². The number of urea groups is 1. The third-order valence-corrected chi connectivity index (χ3v) is 5.02. The van der Waals surface area contributed by atoms with Crippen molar-refractivity contribution < 1.29 is 14.4 Å². The number of primary amides is 1. The van der Waals surface area contributed by atoms with Crippen molar-refractivity contribution in [1.82, 2.24) is 4.90 Å². The van der Waals surface area contributed by atoms with Gasteiger partial charge in [0.1, 0.15) is 0 Å². The third kappa shape index (κ3) is 3.71. The molecule has 3 rings (SSSR count). The first-order valence-electron chi connectivity index (χ1n) is 8.91. The van der Waals surface area contributed by atoms with Crippen LogP contribution in [0.3, 0.4) is 0 Å². The highest BCUT2D eigenvalue weighted by Crippen LogP contribution is 2.30. The summed E-state index contributed by atoms with van der Waals surface area (Å²) >= 11 is 0. The van der Waals surface area contributed by atoms with Gasteiger partial charge in [-0.3, -0.25) is 14.5 Å². The monoisotopic (exact) mass is 356 g/mol. The number of hydrogen-bond acceptors (Lipinski definition) is 3. The van der Waals surface area contributed by atoms with Gasteiger partial charge >= 0.3 is 6.03 Å². The standard InChI is InChI=1S/C19H24N4O3/c1-2-17(24)22-9-3-6-14(12-22)18(25)21-15-8-7-13-5-4-10-23(19(20)26)16(13)11-15/h2,7-8,11,14H,1,3-6,9-10,12H2,(H2,20,26)(H,21,25). The quantitative estimate of drug-likeness (QED) is 0.810. The van der Waals surface area contributed by atoms with Gasteiger partial charge in [0.15, 0.2) is 0 Å². The fraction of sp³-hybridized carbons (Fsp3) is 0.421. The van der Waals surface area contributed by atoms with E-state index in [1.807, 2.05) is 12.1 Å². The van der Waals surface area contributed by atoms with Crippen LogP contribution in [-0.2, 0) is 16.0 Å². The number of nitrogens with two attached hydrogens (primary N) is 1. The van der Waals surface area contributed by atoms with Crippen LogP contribution >= 0.6 is 0 Å². The Labute approximate surface area is 152 Å². The van der Waals surface area contributed by atoms with E-state index in [9.17, 15) is 14.4 Å². The van der Waals surface area contributed by atoms with E-state index in [-0.39, 0.29) is 17.7 Å². The second kappa shape index (κ2) is 7.59. The summed E-state index contributed by atoms with van der Waals surface area (Å²) in [6.45, 7) is 5.14. The number of likely N-dealkylation sites (tertiary alicyclic amines) is 1. The fourth-order valence-electron chi connectivity index (χ4n) is 3.65.